The van der Waals surface area contributed by atoms with Crippen LogP contribution in [0.3, 0.4) is 0 Å². The molecule has 2 aromatic rings. The molecule has 4 amide bonds. The maximum Gasteiger partial charge on any atom is 0.408 e. The van der Waals surface area contributed by atoms with Crippen LogP contribution in [0.4, 0.5) is 4.79 Å². The number of likely N-dealkylation sites (tertiary alicyclic amines) is 1. The molecule has 1 aliphatic carbocycles. The molecule has 2 fully saturated rings. The minimum Gasteiger partial charge on any atom is -0.467 e. The number of hydrogen-bond donors (Lipinski definition) is 4. The minimum atomic E-state index is -1.40. The molecule has 0 radical (unpaired) electrons. The highest BCUT2D eigenvalue weighted by molar-refractivity contribution is 5.95. The first-order valence-electron chi connectivity index (χ1n) is 20.8. The highest BCUT2D eigenvalue weighted by Gasteiger charge is 2.46. The van der Waals surface area contributed by atoms with E-state index in [9.17, 15) is 28.8 Å². The van der Waals surface area contributed by atoms with Crippen LogP contribution in [-0.4, -0.2) is 96.3 Å². The summed E-state index contributed by atoms with van der Waals surface area (Å²) in [6.07, 6.45) is 3.13. The van der Waals surface area contributed by atoms with Gasteiger partial charge in [0.1, 0.15) is 17.2 Å². The summed E-state index contributed by atoms with van der Waals surface area (Å²) in [7, 11) is 1.24. The molecule has 0 spiro atoms. The molecular formula is C45H64N6O8. The molecule has 0 unspecified atom stereocenters. The first-order chi connectivity index (χ1) is 28.0. The molecular weight excluding hydrogens is 753 g/mol. The molecule has 1 saturated heterocycles. The molecule has 5 N–H and O–H groups in total. The fourth-order valence-corrected chi connectivity index (χ4v) is 7.40. The summed E-state index contributed by atoms with van der Waals surface area (Å²) in [6, 6.07) is 17.4. The zero-order valence-electron chi connectivity index (χ0n) is 35.6. The number of carbonyl (C=O) groups excluding carboxylic acids is 6. The predicted octanol–water partition coefficient (Wildman–Crippen LogP) is 4.67. The normalized spacial score (nSPS) is 17.4. The van der Waals surface area contributed by atoms with Crippen molar-refractivity contribution in [2.75, 3.05) is 26.7 Å². The maximum absolute atomic E-state index is 14.3. The lowest BCUT2D eigenvalue weighted by molar-refractivity contribution is -0.153. The third kappa shape index (κ3) is 15.1. The Labute approximate surface area is 348 Å². The Morgan fingerprint density at radius 3 is 2.00 bits per heavy atom. The number of esters is 1. The average molecular weight is 817 g/mol. The highest BCUT2D eigenvalue weighted by Crippen LogP contribution is 2.37. The summed E-state index contributed by atoms with van der Waals surface area (Å²) in [5, 5.41) is 8.71. The van der Waals surface area contributed by atoms with Gasteiger partial charge in [-0.2, -0.15) is 0 Å². The van der Waals surface area contributed by atoms with Crippen molar-refractivity contribution in [1.29, 1.82) is 0 Å². The van der Waals surface area contributed by atoms with Gasteiger partial charge in [0.15, 0.2) is 5.78 Å². The number of hydrogen-bond acceptors (Lipinski definition) is 9. The van der Waals surface area contributed by atoms with Crippen LogP contribution in [0, 0.1) is 17.8 Å². The molecule has 4 rings (SSSR count). The van der Waals surface area contributed by atoms with Crippen molar-refractivity contribution in [2.24, 2.45) is 28.5 Å². The van der Waals surface area contributed by atoms with Gasteiger partial charge >= 0.3 is 12.1 Å². The summed E-state index contributed by atoms with van der Waals surface area (Å²) in [5.74, 6) is -2.32. The Hall–Kier alpha value is -5.27. The van der Waals surface area contributed by atoms with Crippen molar-refractivity contribution in [3.63, 3.8) is 0 Å². The van der Waals surface area contributed by atoms with Crippen LogP contribution in [0.2, 0.25) is 0 Å². The van der Waals surface area contributed by atoms with Gasteiger partial charge in [0.2, 0.25) is 17.7 Å². The number of amides is 4. The van der Waals surface area contributed by atoms with E-state index in [-0.39, 0.29) is 68.7 Å². The van der Waals surface area contributed by atoms with Gasteiger partial charge in [-0.05, 0) is 89.7 Å². The number of methoxy groups -OCH3 is 1. The van der Waals surface area contributed by atoms with Crippen molar-refractivity contribution in [3.05, 3.63) is 71.8 Å². The number of ether oxygens (including phenoxy) is 2. The molecule has 59 heavy (non-hydrogen) atoms. The second-order valence-corrected chi connectivity index (χ2v) is 17.1. The molecule has 14 nitrogen and oxygen atoms in total. The number of benzene rings is 2. The second-order valence-electron chi connectivity index (χ2n) is 17.1. The van der Waals surface area contributed by atoms with Gasteiger partial charge in [-0.15, -0.1) is 0 Å². The van der Waals surface area contributed by atoms with Crippen LogP contribution in [0.25, 0.3) is 0 Å². The molecule has 4 atom stereocenters. The summed E-state index contributed by atoms with van der Waals surface area (Å²) < 4.78 is 10.5. The van der Waals surface area contributed by atoms with Gasteiger partial charge in [-0.1, -0.05) is 80.4 Å². The van der Waals surface area contributed by atoms with E-state index in [0.29, 0.717) is 31.6 Å². The summed E-state index contributed by atoms with van der Waals surface area (Å²) in [5.41, 5.74) is 5.46. The van der Waals surface area contributed by atoms with Crippen LogP contribution in [0.5, 0.6) is 0 Å². The molecule has 322 valence electrons. The lowest BCUT2D eigenvalue weighted by Gasteiger charge is -2.41. The second kappa shape index (κ2) is 21.7. The molecule has 0 bridgehead atoms. The number of nitrogens with one attached hydrogen (secondary N) is 3. The predicted molar refractivity (Wildman–Crippen MR) is 225 cm³/mol. The van der Waals surface area contributed by atoms with E-state index in [4.69, 9.17) is 15.2 Å². The largest absolute Gasteiger partial charge is 0.467 e. The van der Waals surface area contributed by atoms with Gasteiger partial charge in [-0.3, -0.25) is 24.2 Å². The number of nitrogens with two attached hydrogens (primary N) is 1. The fraction of sp³-hybridized carbons (Fsp3) is 0.578. The van der Waals surface area contributed by atoms with E-state index in [1.165, 1.54) is 7.11 Å². The first kappa shape index (κ1) is 46.4. The van der Waals surface area contributed by atoms with Crippen LogP contribution in [0.15, 0.2) is 65.7 Å². The van der Waals surface area contributed by atoms with Crippen molar-refractivity contribution in [1.82, 2.24) is 20.9 Å². The Kier molecular flexibility index (Phi) is 17.0. The smallest absolute Gasteiger partial charge is 0.408 e. The van der Waals surface area contributed by atoms with Crippen molar-refractivity contribution >= 4 is 41.4 Å². The number of carbonyl (C=O) groups is 6. The van der Waals surface area contributed by atoms with Crippen LogP contribution >= 0.6 is 0 Å². The fourth-order valence-electron chi connectivity index (χ4n) is 7.40. The van der Waals surface area contributed by atoms with Gasteiger partial charge in [-0.25, -0.2) is 9.59 Å². The zero-order valence-corrected chi connectivity index (χ0v) is 35.6. The molecule has 1 saturated carbocycles. The minimum absolute atomic E-state index is 0.0687. The van der Waals surface area contributed by atoms with Crippen LogP contribution < -0.4 is 21.7 Å². The number of aliphatic imine (C=N–C) groups is 1. The number of nitrogens with zero attached hydrogens (tertiary/aromatic N) is 2. The molecule has 0 aromatic heterocycles. The van der Waals surface area contributed by atoms with Crippen LogP contribution in [-0.2, 0) is 46.3 Å². The van der Waals surface area contributed by atoms with E-state index in [1.807, 2.05) is 67.6 Å². The lowest BCUT2D eigenvalue weighted by Crippen LogP contribution is -2.63. The Bertz CT molecular complexity index is 1760. The van der Waals surface area contributed by atoms with E-state index in [1.54, 1.807) is 32.6 Å². The summed E-state index contributed by atoms with van der Waals surface area (Å²) in [4.78, 5) is 87.9. The average Bonchev–Trinajstić information content (AvgIpc) is 4.02. The molecule has 2 aliphatic rings. The van der Waals surface area contributed by atoms with Crippen molar-refractivity contribution in [3.8, 4) is 0 Å². The van der Waals surface area contributed by atoms with Gasteiger partial charge < -0.3 is 36.1 Å². The number of piperidine rings is 1. The summed E-state index contributed by atoms with van der Waals surface area (Å²) >= 11 is 0. The monoisotopic (exact) mass is 816 g/mol. The van der Waals surface area contributed by atoms with E-state index in [2.05, 4.69) is 20.9 Å². The number of amidine groups is 1. The third-order valence-corrected chi connectivity index (χ3v) is 10.8. The highest BCUT2D eigenvalue weighted by atomic mass is 16.6. The SMILES string of the molecule is COC(=O)C1(NC(=O)OC(C)(C)C)CCN(C(=O)[C@@H](CCCN=C(C)N)NC(=O)[C@H](CC(=O)[C@@H](Cc2ccccc2)NC(=O)[C@H](C)Cc2ccccc2)CC2CC2)CC1. The number of rotatable bonds is 20. The molecule has 1 heterocycles. The zero-order chi connectivity index (χ0) is 43.2. The van der Waals surface area contributed by atoms with Gasteiger partial charge in [0.25, 0.3) is 0 Å². The number of Topliss-reactive ketones (excluding diaryl/α,β-unsaturated/α-hetero) is 1. The Balaban J connectivity index is 1.50. The molecule has 14 heteroatoms. The topological polar surface area (TPSA) is 199 Å². The first-order valence-corrected chi connectivity index (χ1v) is 20.8. The van der Waals surface area contributed by atoms with E-state index in [0.717, 1.165) is 24.0 Å². The Morgan fingerprint density at radius 2 is 1.46 bits per heavy atom. The Morgan fingerprint density at radius 1 is 0.881 bits per heavy atom. The van der Waals surface area contributed by atoms with Crippen molar-refractivity contribution in [2.45, 2.75) is 122 Å². The van der Waals surface area contributed by atoms with Gasteiger partial charge in [0, 0.05) is 37.9 Å². The third-order valence-electron chi connectivity index (χ3n) is 10.8. The standard InChI is InChI=1S/C45H64N6O8/c1-30(26-32-14-9-7-10-15-32)39(53)49-37(28-33-16-11-8-12-17-33)38(52)29-35(27-34-19-20-34)40(54)48-36(18-13-23-47-31(2)46)41(55)51-24-21-45(22-25-51,42(56)58-6)50-43(57)59-44(3,4)5/h7-12,14-17,30,34-37H,13,18-29H2,1-6H3,(H2,46,47)(H,48,54)(H,49,53)(H,50,57)/t30-,35+,36-,37-/m1/s1. The molecule has 2 aromatic carbocycles. The van der Waals surface area contributed by atoms with Gasteiger partial charge in [0.05, 0.1) is 19.0 Å². The lowest BCUT2D eigenvalue weighted by atomic mass is 9.87. The number of alkyl carbamates (subject to hydrolysis) is 1. The summed E-state index contributed by atoms with van der Waals surface area (Å²) in [6.45, 7) is 9.21. The maximum atomic E-state index is 14.3. The van der Waals surface area contributed by atoms with E-state index >= 15 is 0 Å². The van der Waals surface area contributed by atoms with E-state index < -0.39 is 53.0 Å². The van der Waals surface area contributed by atoms with Crippen LogP contribution in [0.1, 0.15) is 97.1 Å². The van der Waals surface area contributed by atoms with Crippen molar-refractivity contribution < 1.29 is 38.2 Å². The molecule has 1 aliphatic heterocycles. The quantitative estimate of drug-likeness (QED) is 0.0635. The number of ketones is 1.